The third kappa shape index (κ3) is 3.80. The summed E-state index contributed by atoms with van der Waals surface area (Å²) in [5.74, 6) is 1.68. The topological polar surface area (TPSA) is 30.3 Å². The first kappa shape index (κ1) is 13.1. The van der Waals surface area contributed by atoms with Crippen molar-refractivity contribution in [3.8, 4) is 0 Å². The SMILES string of the molecule is c1cnn(CCC2CCN(CC3CCOC3)CC2)c1. The van der Waals surface area contributed by atoms with Crippen LogP contribution in [0.4, 0.5) is 0 Å². The van der Waals surface area contributed by atoms with Gasteiger partial charge >= 0.3 is 0 Å². The Morgan fingerprint density at radius 2 is 2.05 bits per heavy atom. The monoisotopic (exact) mass is 263 g/mol. The van der Waals surface area contributed by atoms with Gasteiger partial charge < -0.3 is 9.64 Å². The largest absolute Gasteiger partial charge is 0.381 e. The molecule has 0 bridgehead atoms. The average molecular weight is 263 g/mol. The Labute approximate surface area is 115 Å². The Balaban J connectivity index is 1.34. The van der Waals surface area contributed by atoms with E-state index in [0.29, 0.717) is 0 Å². The van der Waals surface area contributed by atoms with E-state index in [0.717, 1.165) is 31.6 Å². The fourth-order valence-electron chi connectivity index (χ4n) is 3.30. The molecule has 2 saturated heterocycles. The molecular weight excluding hydrogens is 238 g/mol. The predicted octanol–water partition coefficient (Wildman–Crippen LogP) is 2.02. The van der Waals surface area contributed by atoms with Crippen LogP contribution in [0.1, 0.15) is 25.7 Å². The van der Waals surface area contributed by atoms with Gasteiger partial charge in [-0.1, -0.05) is 0 Å². The summed E-state index contributed by atoms with van der Waals surface area (Å²) in [6.07, 6.45) is 9.19. The van der Waals surface area contributed by atoms with E-state index in [-0.39, 0.29) is 0 Å². The molecule has 1 unspecified atom stereocenters. The van der Waals surface area contributed by atoms with Crippen LogP contribution < -0.4 is 0 Å². The maximum atomic E-state index is 5.46. The number of aryl methyl sites for hydroxylation is 1. The molecule has 0 N–H and O–H groups in total. The van der Waals surface area contributed by atoms with Gasteiger partial charge in [-0.2, -0.15) is 5.10 Å². The zero-order valence-corrected chi connectivity index (χ0v) is 11.7. The van der Waals surface area contributed by atoms with Crippen molar-refractivity contribution in [1.82, 2.24) is 14.7 Å². The van der Waals surface area contributed by atoms with Gasteiger partial charge in [0, 0.05) is 32.1 Å². The summed E-state index contributed by atoms with van der Waals surface area (Å²) in [6.45, 7) is 6.85. The lowest BCUT2D eigenvalue weighted by Gasteiger charge is -2.33. The summed E-state index contributed by atoms with van der Waals surface area (Å²) in [4.78, 5) is 2.64. The number of hydrogen-bond donors (Lipinski definition) is 0. The summed E-state index contributed by atoms with van der Waals surface area (Å²) >= 11 is 0. The molecule has 106 valence electrons. The summed E-state index contributed by atoms with van der Waals surface area (Å²) in [6, 6.07) is 2.01. The first-order valence-electron chi connectivity index (χ1n) is 7.67. The second-order valence-electron chi connectivity index (χ2n) is 6.03. The van der Waals surface area contributed by atoms with Gasteiger partial charge in [0.2, 0.25) is 0 Å². The van der Waals surface area contributed by atoms with Crippen molar-refractivity contribution in [3.05, 3.63) is 18.5 Å². The van der Waals surface area contributed by atoms with E-state index in [9.17, 15) is 0 Å². The molecule has 0 amide bonds. The normalized spacial score (nSPS) is 26.0. The summed E-state index contributed by atoms with van der Waals surface area (Å²) < 4.78 is 7.52. The molecule has 0 saturated carbocycles. The van der Waals surface area contributed by atoms with E-state index < -0.39 is 0 Å². The molecule has 3 heterocycles. The van der Waals surface area contributed by atoms with E-state index in [4.69, 9.17) is 4.74 Å². The third-order valence-electron chi connectivity index (χ3n) is 4.57. The zero-order valence-electron chi connectivity index (χ0n) is 11.7. The van der Waals surface area contributed by atoms with E-state index >= 15 is 0 Å². The predicted molar refractivity (Wildman–Crippen MR) is 74.9 cm³/mol. The summed E-state index contributed by atoms with van der Waals surface area (Å²) in [5, 5.41) is 4.28. The van der Waals surface area contributed by atoms with Crippen molar-refractivity contribution in [1.29, 1.82) is 0 Å². The van der Waals surface area contributed by atoms with Gasteiger partial charge in [-0.25, -0.2) is 0 Å². The molecule has 4 heteroatoms. The molecule has 4 nitrogen and oxygen atoms in total. The molecular formula is C15H25N3O. The summed E-state index contributed by atoms with van der Waals surface area (Å²) in [5.41, 5.74) is 0. The Morgan fingerprint density at radius 1 is 1.16 bits per heavy atom. The number of piperidine rings is 1. The van der Waals surface area contributed by atoms with E-state index in [1.165, 1.54) is 45.3 Å². The van der Waals surface area contributed by atoms with Gasteiger partial charge in [0.1, 0.15) is 0 Å². The van der Waals surface area contributed by atoms with Crippen molar-refractivity contribution in [2.45, 2.75) is 32.2 Å². The van der Waals surface area contributed by atoms with Gasteiger partial charge in [0.05, 0.1) is 6.61 Å². The first-order valence-corrected chi connectivity index (χ1v) is 7.67. The minimum atomic E-state index is 0.792. The van der Waals surface area contributed by atoms with Crippen molar-refractivity contribution >= 4 is 0 Å². The van der Waals surface area contributed by atoms with Crippen molar-refractivity contribution in [2.24, 2.45) is 11.8 Å². The number of rotatable bonds is 5. The average Bonchev–Trinajstić information content (AvgIpc) is 3.11. The smallest absolute Gasteiger partial charge is 0.0507 e. The highest BCUT2D eigenvalue weighted by Crippen LogP contribution is 2.23. The molecule has 0 spiro atoms. The zero-order chi connectivity index (χ0) is 12.9. The van der Waals surface area contributed by atoms with Crippen LogP contribution in [0.5, 0.6) is 0 Å². The molecule has 1 aromatic heterocycles. The lowest BCUT2D eigenvalue weighted by atomic mass is 9.93. The number of aromatic nitrogens is 2. The van der Waals surface area contributed by atoms with Crippen LogP contribution in [0, 0.1) is 11.8 Å². The Kier molecular flexibility index (Phi) is 4.51. The fourth-order valence-corrected chi connectivity index (χ4v) is 3.30. The van der Waals surface area contributed by atoms with Gasteiger partial charge in [0.25, 0.3) is 0 Å². The third-order valence-corrected chi connectivity index (χ3v) is 4.57. The van der Waals surface area contributed by atoms with Crippen molar-refractivity contribution in [2.75, 3.05) is 32.8 Å². The Bertz CT molecular complexity index is 351. The van der Waals surface area contributed by atoms with E-state index in [1.54, 1.807) is 0 Å². The number of ether oxygens (including phenoxy) is 1. The van der Waals surface area contributed by atoms with Gasteiger partial charge in [0.15, 0.2) is 0 Å². The lowest BCUT2D eigenvalue weighted by Crippen LogP contribution is -2.37. The molecule has 3 rings (SSSR count). The Hall–Kier alpha value is -0.870. The summed E-state index contributed by atoms with van der Waals surface area (Å²) in [7, 11) is 0. The fraction of sp³-hybridized carbons (Fsp3) is 0.800. The van der Waals surface area contributed by atoms with Crippen LogP contribution in [0.2, 0.25) is 0 Å². The van der Waals surface area contributed by atoms with Crippen LogP contribution >= 0.6 is 0 Å². The minimum Gasteiger partial charge on any atom is -0.381 e. The van der Waals surface area contributed by atoms with Crippen LogP contribution in [-0.2, 0) is 11.3 Å². The van der Waals surface area contributed by atoms with Crippen LogP contribution in [0.25, 0.3) is 0 Å². The maximum absolute atomic E-state index is 5.46. The molecule has 2 aliphatic rings. The van der Waals surface area contributed by atoms with Crippen molar-refractivity contribution < 1.29 is 4.74 Å². The molecule has 1 aromatic rings. The molecule has 2 fully saturated rings. The highest BCUT2D eigenvalue weighted by molar-refractivity contribution is 4.79. The Morgan fingerprint density at radius 3 is 2.74 bits per heavy atom. The van der Waals surface area contributed by atoms with Crippen LogP contribution in [0.3, 0.4) is 0 Å². The van der Waals surface area contributed by atoms with Gasteiger partial charge in [-0.15, -0.1) is 0 Å². The number of hydrogen-bond acceptors (Lipinski definition) is 3. The number of nitrogens with zero attached hydrogens (tertiary/aromatic N) is 3. The highest BCUT2D eigenvalue weighted by atomic mass is 16.5. The number of likely N-dealkylation sites (tertiary alicyclic amines) is 1. The van der Waals surface area contributed by atoms with E-state index in [2.05, 4.69) is 20.9 Å². The molecule has 19 heavy (non-hydrogen) atoms. The van der Waals surface area contributed by atoms with Crippen LogP contribution in [-0.4, -0.2) is 47.5 Å². The van der Waals surface area contributed by atoms with E-state index in [1.807, 2.05) is 12.3 Å². The standard InChI is InChI=1S/C15H25N3O/c1-6-16-18(7-1)10-4-14-2-8-17(9-3-14)12-15-5-11-19-13-15/h1,6-7,14-15H,2-5,8-13H2. The molecule has 0 aliphatic carbocycles. The molecule has 2 aliphatic heterocycles. The van der Waals surface area contributed by atoms with Crippen LogP contribution in [0.15, 0.2) is 18.5 Å². The highest BCUT2D eigenvalue weighted by Gasteiger charge is 2.23. The lowest BCUT2D eigenvalue weighted by molar-refractivity contribution is 0.137. The molecule has 0 radical (unpaired) electrons. The maximum Gasteiger partial charge on any atom is 0.0507 e. The first-order chi connectivity index (χ1) is 9.40. The molecule has 1 atom stereocenters. The quantitative estimate of drug-likeness (QED) is 0.814. The van der Waals surface area contributed by atoms with Gasteiger partial charge in [-0.05, 0) is 56.7 Å². The van der Waals surface area contributed by atoms with Crippen molar-refractivity contribution in [3.63, 3.8) is 0 Å². The minimum absolute atomic E-state index is 0.792. The van der Waals surface area contributed by atoms with Gasteiger partial charge in [-0.3, -0.25) is 4.68 Å². The second-order valence-corrected chi connectivity index (χ2v) is 6.03. The molecule has 0 aromatic carbocycles. The second kappa shape index (κ2) is 6.53.